The van der Waals surface area contributed by atoms with Crippen molar-refractivity contribution in [2.24, 2.45) is 5.41 Å². The summed E-state index contributed by atoms with van der Waals surface area (Å²) in [6.07, 6.45) is 5.07. The number of hydrogen-bond donors (Lipinski definition) is 1. The molecule has 1 N–H and O–H groups in total. The molecule has 2 heterocycles. The van der Waals surface area contributed by atoms with Crippen molar-refractivity contribution in [3.8, 4) is 0 Å². The van der Waals surface area contributed by atoms with Crippen molar-refractivity contribution >= 4 is 39.0 Å². The van der Waals surface area contributed by atoms with Gasteiger partial charge in [0.15, 0.2) is 0 Å². The van der Waals surface area contributed by atoms with Gasteiger partial charge in [0.25, 0.3) is 0 Å². The Kier molecular flexibility index (Phi) is 5.22. The zero-order chi connectivity index (χ0) is 14.6. The zero-order valence-corrected chi connectivity index (χ0v) is 13.9. The molecule has 0 bridgehead atoms. The molecule has 20 heavy (non-hydrogen) atoms. The summed E-state index contributed by atoms with van der Waals surface area (Å²) in [5.74, 6) is 0.852. The van der Waals surface area contributed by atoms with Crippen LogP contribution in [0.5, 0.6) is 0 Å². The average molecular weight is 312 g/mol. The van der Waals surface area contributed by atoms with Crippen LogP contribution in [0.2, 0.25) is 5.28 Å². The fraction of sp³-hybridized carbons (Fsp3) is 0.600. The maximum absolute atomic E-state index is 5.98. The molecule has 0 fully saturated rings. The predicted molar refractivity (Wildman–Crippen MR) is 88.8 cm³/mol. The number of halogens is 1. The van der Waals surface area contributed by atoms with Crippen LogP contribution >= 0.6 is 22.9 Å². The van der Waals surface area contributed by atoms with Crippen molar-refractivity contribution in [2.75, 3.05) is 11.9 Å². The van der Waals surface area contributed by atoms with E-state index in [-0.39, 0.29) is 5.41 Å². The lowest BCUT2D eigenvalue weighted by Gasteiger charge is -2.25. The summed E-state index contributed by atoms with van der Waals surface area (Å²) < 4.78 is 0. The second-order valence-corrected chi connectivity index (χ2v) is 7.19. The van der Waals surface area contributed by atoms with Crippen LogP contribution in [0, 0.1) is 5.41 Å². The highest BCUT2D eigenvalue weighted by Crippen LogP contribution is 2.29. The van der Waals surface area contributed by atoms with E-state index in [1.54, 1.807) is 11.3 Å². The highest BCUT2D eigenvalue weighted by Gasteiger charge is 2.18. The summed E-state index contributed by atoms with van der Waals surface area (Å²) in [4.78, 5) is 9.50. The fourth-order valence-electron chi connectivity index (χ4n) is 2.23. The Bertz CT molecular complexity index is 565. The number of nitrogens with zero attached hydrogens (tertiary/aromatic N) is 2. The van der Waals surface area contributed by atoms with Gasteiger partial charge in [0, 0.05) is 6.54 Å². The second-order valence-electron chi connectivity index (χ2n) is 5.96. The third-order valence-electron chi connectivity index (χ3n) is 3.49. The molecule has 0 saturated carbocycles. The molecular weight excluding hydrogens is 290 g/mol. The van der Waals surface area contributed by atoms with Crippen LogP contribution in [-0.4, -0.2) is 16.5 Å². The van der Waals surface area contributed by atoms with Crippen molar-refractivity contribution in [2.45, 2.75) is 46.5 Å². The van der Waals surface area contributed by atoms with Crippen LogP contribution in [-0.2, 0) is 0 Å². The van der Waals surface area contributed by atoms with Crippen LogP contribution in [0.3, 0.4) is 0 Å². The average Bonchev–Trinajstić information content (AvgIpc) is 2.84. The van der Waals surface area contributed by atoms with Gasteiger partial charge < -0.3 is 5.32 Å². The molecule has 0 radical (unpaired) electrons. The van der Waals surface area contributed by atoms with Gasteiger partial charge in [-0.3, -0.25) is 0 Å². The highest BCUT2D eigenvalue weighted by atomic mass is 35.5. The van der Waals surface area contributed by atoms with E-state index in [9.17, 15) is 0 Å². The van der Waals surface area contributed by atoms with Gasteiger partial charge in [-0.2, -0.15) is 0 Å². The standard InChI is InChI=1S/C15H22ClN3S/c1-4-5-6-8-15(2,3)10-17-12-11-7-9-20-13(11)19-14(16)18-12/h7,9H,4-6,8,10H2,1-3H3,(H,17,18,19). The van der Waals surface area contributed by atoms with E-state index in [0.29, 0.717) is 5.28 Å². The number of rotatable bonds is 7. The SMILES string of the molecule is CCCCCC(C)(C)CNc1nc(Cl)nc2sccc12. The van der Waals surface area contributed by atoms with Gasteiger partial charge in [0.05, 0.1) is 5.39 Å². The first-order chi connectivity index (χ1) is 9.52. The van der Waals surface area contributed by atoms with E-state index in [4.69, 9.17) is 11.6 Å². The van der Waals surface area contributed by atoms with Gasteiger partial charge in [0.1, 0.15) is 10.6 Å². The minimum Gasteiger partial charge on any atom is -0.369 e. The molecule has 0 aliphatic carbocycles. The van der Waals surface area contributed by atoms with Crippen LogP contribution in [0.15, 0.2) is 11.4 Å². The number of hydrogen-bond acceptors (Lipinski definition) is 4. The first kappa shape index (κ1) is 15.5. The maximum Gasteiger partial charge on any atom is 0.225 e. The Balaban J connectivity index is 2.03. The van der Waals surface area contributed by atoms with Gasteiger partial charge in [-0.05, 0) is 34.9 Å². The predicted octanol–water partition coefficient (Wildman–Crippen LogP) is 5.36. The van der Waals surface area contributed by atoms with Crippen LogP contribution < -0.4 is 5.32 Å². The molecule has 110 valence electrons. The van der Waals surface area contributed by atoms with E-state index in [2.05, 4.69) is 36.1 Å². The van der Waals surface area contributed by atoms with Crippen molar-refractivity contribution in [1.29, 1.82) is 0 Å². The summed E-state index contributed by atoms with van der Waals surface area (Å²) in [5, 5.41) is 6.84. The van der Waals surface area contributed by atoms with E-state index < -0.39 is 0 Å². The third-order valence-corrected chi connectivity index (χ3v) is 4.46. The molecule has 0 aliphatic heterocycles. The molecule has 0 aliphatic rings. The summed E-state index contributed by atoms with van der Waals surface area (Å²) in [5.41, 5.74) is 0.259. The van der Waals surface area contributed by atoms with Gasteiger partial charge in [-0.1, -0.05) is 40.0 Å². The number of unbranched alkanes of at least 4 members (excludes halogenated alkanes) is 2. The first-order valence-corrected chi connectivity index (χ1v) is 8.42. The molecule has 0 unspecified atom stereocenters. The molecule has 5 heteroatoms. The van der Waals surface area contributed by atoms with Gasteiger partial charge in [-0.25, -0.2) is 9.97 Å². The second kappa shape index (κ2) is 6.72. The van der Waals surface area contributed by atoms with E-state index in [0.717, 1.165) is 22.6 Å². The number of anilines is 1. The Morgan fingerprint density at radius 2 is 2.10 bits per heavy atom. The minimum absolute atomic E-state index is 0.259. The van der Waals surface area contributed by atoms with Gasteiger partial charge >= 0.3 is 0 Å². The molecule has 2 aromatic heterocycles. The van der Waals surface area contributed by atoms with Crippen molar-refractivity contribution in [3.05, 3.63) is 16.7 Å². The number of nitrogens with one attached hydrogen (secondary N) is 1. The Hall–Kier alpha value is -0.870. The van der Waals surface area contributed by atoms with Gasteiger partial charge in [-0.15, -0.1) is 11.3 Å². The maximum atomic E-state index is 5.98. The Morgan fingerprint density at radius 1 is 1.30 bits per heavy atom. The summed E-state index contributed by atoms with van der Waals surface area (Å²) in [6, 6.07) is 2.04. The lowest BCUT2D eigenvalue weighted by molar-refractivity contribution is 0.342. The topological polar surface area (TPSA) is 37.8 Å². The van der Waals surface area contributed by atoms with Crippen molar-refractivity contribution < 1.29 is 0 Å². The minimum atomic E-state index is 0.259. The van der Waals surface area contributed by atoms with Gasteiger partial charge in [0.2, 0.25) is 5.28 Å². The molecule has 2 aromatic rings. The molecule has 0 atom stereocenters. The molecule has 0 spiro atoms. The largest absolute Gasteiger partial charge is 0.369 e. The van der Waals surface area contributed by atoms with Crippen LogP contribution in [0.4, 0.5) is 5.82 Å². The van der Waals surface area contributed by atoms with E-state index in [1.807, 2.05) is 11.4 Å². The number of fused-ring (bicyclic) bond motifs is 1. The Morgan fingerprint density at radius 3 is 2.85 bits per heavy atom. The smallest absolute Gasteiger partial charge is 0.225 e. The van der Waals surface area contributed by atoms with E-state index >= 15 is 0 Å². The molecular formula is C15H22ClN3S. The number of aromatic nitrogens is 2. The molecule has 0 amide bonds. The normalized spacial score (nSPS) is 12.0. The van der Waals surface area contributed by atoms with Crippen molar-refractivity contribution in [3.63, 3.8) is 0 Å². The third kappa shape index (κ3) is 4.06. The summed E-state index contributed by atoms with van der Waals surface area (Å²) in [6.45, 7) is 7.73. The summed E-state index contributed by atoms with van der Waals surface area (Å²) >= 11 is 7.57. The molecule has 0 saturated heterocycles. The lowest BCUT2D eigenvalue weighted by atomic mass is 9.87. The van der Waals surface area contributed by atoms with E-state index in [1.165, 1.54) is 25.7 Å². The molecule has 3 nitrogen and oxygen atoms in total. The van der Waals surface area contributed by atoms with Crippen LogP contribution in [0.25, 0.3) is 10.2 Å². The Labute approximate surface area is 129 Å². The lowest BCUT2D eigenvalue weighted by Crippen LogP contribution is -2.23. The quantitative estimate of drug-likeness (QED) is 0.552. The number of thiophene rings is 1. The monoisotopic (exact) mass is 311 g/mol. The highest BCUT2D eigenvalue weighted by molar-refractivity contribution is 7.16. The zero-order valence-electron chi connectivity index (χ0n) is 12.4. The molecule has 0 aromatic carbocycles. The first-order valence-electron chi connectivity index (χ1n) is 7.16. The fourth-order valence-corrected chi connectivity index (χ4v) is 3.21. The molecule has 2 rings (SSSR count). The van der Waals surface area contributed by atoms with Crippen molar-refractivity contribution in [1.82, 2.24) is 9.97 Å². The summed E-state index contributed by atoms with van der Waals surface area (Å²) in [7, 11) is 0. The van der Waals surface area contributed by atoms with Crippen LogP contribution in [0.1, 0.15) is 46.5 Å².